The molecule has 1 aromatic heterocycles. The van der Waals surface area contributed by atoms with Gasteiger partial charge >= 0.3 is 0 Å². The van der Waals surface area contributed by atoms with E-state index in [2.05, 4.69) is 15.5 Å². The van der Waals surface area contributed by atoms with Crippen molar-refractivity contribution in [1.82, 2.24) is 15.5 Å². The molecule has 5 heteroatoms. The van der Waals surface area contributed by atoms with E-state index in [0.717, 1.165) is 24.7 Å². The number of nitrogens with one attached hydrogen (secondary N) is 1. The van der Waals surface area contributed by atoms with Crippen LogP contribution in [0.3, 0.4) is 0 Å². The van der Waals surface area contributed by atoms with Gasteiger partial charge in [-0.15, -0.1) is 0 Å². The first-order chi connectivity index (χ1) is 8.36. The Morgan fingerprint density at radius 3 is 2.88 bits per heavy atom. The molecule has 5 nitrogen and oxygen atoms in total. The molecule has 0 aromatic carbocycles. The fourth-order valence-electron chi connectivity index (χ4n) is 2.81. The Morgan fingerprint density at radius 2 is 2.18 bits per heavy atom. The second-order valence-electron chi connectivity index (χ2n) is 5.03. The highest BCUT2D eigenvalue weighted by atomic mass is 16.5. The zero-order valence-electron chi connectivity index (χ0n) is 10.2. The van der Waals surface area contributed by atoms with Crippen LogP contribution in [0.1, 0.15) is 55.8 Å². The molecule has 1 aromatic rings. The second kappa shape index (κ2) is 4.74. The first-order valence-electron chi connectivity index (χ1n) is 6.46. The Balaban J connectivity index is 1.68. The summed E-state index contributed by atoms with van der Waals surface area (Å²) >= 11 is 0. The smallest absolute Gasteiger partial charge is 0.243 e. The summed E-state index contributed by atoms with van der Waals surface area (Å²) in [7, 11) is 1.74. The monoisotopic (exact) mass is 237 g/mol. The molecule has 0 unspecified atom stereocenters. The van der Waals surface area contributed by atoms with Gasteiger partial charge in [0.15, 0.2) is 5.82 Å². The summed E-state index contributed by atoms with van der Waals surface area (Å²) in [6.07, 6.45) is 6.18. The van der Waals surface area contributed by atoms with Gasteiger partial charge in [-0.05, 0) is 19.3 Å². The lowest BCUT2D eigenvalue weighted by Gasteiger charge is -2.04. The zero-order chi connectivity index (χ0) is 11.7. The third-order valence-corrected chi connectivity index (χ3v) is 3.90. The first kappa shape index (κ1) is 11.2. The molecular formula is C12H19N3O2. The maximum atomic E-state index is 5.37. The molecule has 2 heterocycles. The number of ether oxygens (including phenoxy) is 1. The van der Waals surface area contributed by atoms with Crippen LogP contribution in [0.25, 0.3) is 0 Å². The Morgan fingerprint density at radius 1 is 1.35 bits per heavy atom. The fourth-order valence-corrected chi connectivity index (χ4v) is 2.81. The minimum absolute atomic E-state index is 0.169. The van der Waals surface area contributed by atoms with Crippen molar-refractivity contribution in [2.75, 3.05) is 13.7 Å². The summed E-state index contributed by atoms with van der Waals surface area (Å²) in [5.41, 5.74) is 0. The van der Waals surface area contributed by atoms with Crippen molar-refractivity contribution in [2.24, 2.45) is 0 Å². The van der Waals surface area contributed by atoms with E-state index in [0.29, 0.717) is 5.92 Å². The molecule has 2 atom stereocenters. The van der Waals surface area contributed by atoms with Crippen molar-refractivity contribution >= 4 is 0 Å². The summed E-state index contributed by atoms with van der Waals surface area (Å²) in [5.74, 6) is 2.15. The van der Waals surface area contributed by atoms with Crippen LogP contribution >= 0.6 is 0 Å². The number of hydrogen-bond acceptors (Lipinski definition) is 5. The highest BCUT2D eigenvalue weighted by molar-refractivity contribution is 5.02. The first-order valence-corrected chi connectivity index (χ1v) is 6.46. The van der Waals surface area contributed by atoms with E-state index in [1.165, 1.54) is 25.7 Å². The minimum atomic E-state index is 0.169. The lowest BCUT2D eigenvalue weighted by atomic mass is 10.1. The molecule has 0 radical (unpaired) electrons. The van der Waals surface area contributed by atoms with Gasteiger partial charge in [0.2, 0.25) is 5.89 Å². The normalized spacial score (nSPS) is 30.2. The highest BCUT2D eigenvalue weighted by Gasteiger charge is 2.30. The van der Waals surface area contributed by atoms with Gasteiger partial charge < -0.3 is 14.6 Å². The summed E-state index contributed by atoms with van der Waals surface area (Å²) in [4.78, 5) is 4.55. The van der Waals surface area contributed by atoms with Gasteiger partial charge in [0.05, 0.1) is 12.1 Å². The molecule has 1 N–H and O–H groups in total. The maximum Gasteiger partial charge on any atom is 0.243 e. The van der Waals surface area contributed by atoms with Gasteiger partial charge in [-0.2, -0.15) is 4.98 Å². The van der Waals surface area contributed by atoms with Crippen molar-refractivity contribution in [2.45, 2.75) is 50.2 Å². The topological polar surface area (TPSA) is 60.2 Å². The average Bonchev–Trinajstić information content (AvgIpc) is 3.09. The Bertz CT molecular complexity index is 374. The molecule has 17 heavy (non-hydrogen) atoms. The number of aromatic nitrogens is 2. The predicted octanol–water partition coefficient (Wildman–Crippen LogP) is 1.78. The van der Waals surface area contributed by atoms with Gasteiger partial charge in [-0.3, -0.25) is 0 Å². The van der Waals surface area contributed by atoms with Gasteiger partial charge in [0, 0.05) is 19.6 Å². The third-order valence-electron chi connectivity index (χ3n) is 3.90. The van der Waals surface area contributed by atoms with Crippen LogP contribution in [-0.4, -0.2) is 29.9 Å². The third kappa shape index (κ3) is 2.21. The lowest BCUT2D eigenvalue weighted by Crippen LogP contribution is -2.16. The van der Waals surface area contributed by atoms with E-state index >= 15 is 0 Å². The Kier molecular flexibility index (Phi) is 3.11. The van der Waals surface area contributed by atoms with Crippen molar-refractivity contribution in [3.8, 4) is 0 Å². The molecule has 2 aliphatic rings. The van der Waals surface area contributed by atoms with Crippen LogP contribution in [-0.2, 0) is 4.74 Å². The number of hydrogen-bond donors (Lipinski definition) is 1. The van der Waals surface area contributed by atoms with Crippen LogP contribution in [0.15, 0.2) is 4.52 Å². The summed E-state index contributed by atoms with van der Waals surface area (Å²) in [6, 6.07) is 0.169. The predicted molar refractivity (Wildman–Crippen MR) is 61.7 cm³/mol. The van der Waals surface area contributed by atoms with Crippen LogP contribution in [0, 0.1) is 0 Å². The molecule has 94 valence electrons. The van der Waals surface area contributed by atoms with Crippen molar-refractivity contribution in [3.63, 3.8) is 0 Å². The Hall–Kier alpha value is -0.940. The van der Waals surface area contributed by atoms with Crippen LogP contribution in [0.5, 0.6) is 0 Å². The van der Waals surface area contributed by atoms with Gasteiger partial charge in [-0.25, -0.2) is 0 Å². The summed E-state index contributed by atoms with van der Waals surface area (Å²) in [6.45, 7) is 0.863. The van der Waals surface area contributed by atoms with Gasteiger partial charge in [0.1, 0.15) is 0 Å². The number of rotatable bonds is 3. The Labute approximate surface area is 101 Å². The molecule has 1 aliphatic heterocycles. The molecular weight excluding hydrogens is 218 g/mol. The highest BCUT2D eigenvalue weighted by Crippen LogP contribution is 2.33. The van der Waals surface area contributed by atoms with Crippen molar-refractivity contribution < 1.29 is 9.26 Å². The standard InChI is InChI=1S/C12H19N3O2/c1-16-9-6-10(13-7-9)12-14-11(15-17-12)8-4-2-3-5-8/h8-10,13H,2-7H2,1H3/t9-,10+/m0/s1. The fraction of sp³-hybridized carbons (Fsp3) is 0.833. The largest absolute Gasteiger partial charge is 0.380 e. The SMILES string of the molecule is CO[C@@H]1CN[C@@H](c2nc(C3CCCC3)no2)C1. The van der Waals surface area contributed by atoms with Gasteiger partial charge in [0.25, 0.3) is 0 Å². The zero-order valence-corrected chi connectivity index (χ0v) is 10.2. The van der Waals surface area contributed by atoms with E-state index < -0.39 is 0 Å². The van der Waals surface area contributed by atoms with Crippen molar-refractivity contribution in [1.29, 1.82) is 0 Å². The summed E-state index contributed by atoms with van der Waals surface area (Å²) < 4.78 is 10.7. The number of nitrogens with zero attached hydrogens (tertiary/aromatic N) is 2. The van der Waals surface area contributed by atoms with Gasteiger partial charge in [-0.1, -0.05) is 18.0 Å². The molecule has 0 amide bonds. The van der Waals surface area contributed by atoms with E-state index in [1.807, 2.05) is 0 Å². The van der Waals surface area contributed by atoms with E-state index in [-0.39, 0.29) is 12.1 Å². The molecule has 1 saturated heterocycles. The summed E-state index contributed by atoms with van der Waals surface area (Å²) in [5, 5.41) is 7.48. The second-order valence-corrected chi connectivity index (χ2v) is 5.03. The van der Waals surface area contributed by atoms with E-state index in [9.17, 15) is 0 Å². The minimum Gasteiger partial charge on any atom is -0.380 e. The van der Waals surface area contributed by atoms with Crippen molar-refractivity contribution in [3.05, 3.63) is 11.7 Å². The van der Waals surface area contributed by atoms with E-state index in [4.69, 9.17) is 9.26 Å². The van der Waals surface area contributed by atoms with E-state index in [1.54, 1.807) is 7.11 Å². The molecule has 2 fully saturated rings. The van der Waals surface area contributed by atoms with Crippen LogP contribution in [0.4, 0.5) is 0 Å². The quantitative estimate of drug-likeness (QED) is 0.868. The molecule has 0 bridgehead atoms. The molecule has 3 rings (SSSR count). The molecule has 1 saturated carbocycles. The molecule has 1 aliphatic carbocycles. The van der Waals surface area contributed by atoms with Crippen LogP contribution < -0.4 is 5.32 Å². The maximum absolute atomic E-state index is 5.37. The van der Waals surface area contributed by atoms with Crippen LogP contribution in [0.2, 0.25) is 0 Å². The number of methoxy groups -OCH3 is 1. The molecule has 0 spiro atoms. The lowest BCUT2D eigenvalue weighted by molar-refractivity contribution is 0.116. The average molecular weight is 237 g/mol.